The number of carbonyl (C=O) groups is 2. The van der Waals surface area contributed by atoms with E-state index in [4.69, 9.17) is 9.47 Å². The van der Waals surface area contributed by atoms with Gasteiger partial charge in [-0.25, -0.2) is 0 Å². The molecule has 0 radical (unpaired) electrons. The van der Waals surface area contributed by atoms with Gasteiger partial charge in [-0.15, -0.1) is 6.58 Å². The Morgan fingerprint density at radius 1 is 1.44 bits per heavy atom. The van der Waals surface area contributed by atoms with Crippen LogP contribution >= 0.6 is 0 Å². The number of hydrogen-bond donors (Lipinski definition) is 1. The summed E-state index contributed by atoms with van der Waals surface area (Å²) >= 11 is 0. The van der Waals surface area contributed by atoms with Crippen LogP contribution in [0.3, 0.4) is 0 Å². The first kappa shape index (κ1) is 15.8. The Morgan fingerprint density at radius 2 is 2.26 bits per heavy atom. The second-order valence-electron chi connectivity index (χ2n) is 8.60. The first-order valence-corrected chi connectivity index (χ1v) is 9.58. The summed E-state index contributed by atoms with van der Waals surface area (Å²) in [6.45, 7) is 5.85. The molecule has 4 fully saturated rings. The molecule has 1 N–H and O–H groups in total. The number of ether oxygens (including phenoxy) is 2. The van der Waals surface area contributed by atoms with E-state index >= 15 is 0 Å². The average molecular weight is 366 g/mol. The minimum atomic E-state index is -1.26. The monoisotopic (exact) mass is 366 g/mol. The van der Waals surface area contributed by atoms with Crippen LogP contribution in [0.1, 0.15) is 18.4 Å². The number of carbonyl (C=O) groups excluding carboxylic acids is 2. The molecule has 1 aromatic rings. The zero-order valence-electron chi connectivity index (χ0n) is 15.2. The number of hydrogen-bond acceptors (Lipinski definition) is 5. The van der Waals surface area contributed by atoms with Crippen molar-refractivity contribution in [2.24, 2.45) is 10.8 Å². The maximum Gasteiger partial charge on any atom is 0.322 e. The third-order valence-corrected chi connectivity index (χ3v) is 7.95. The number of methoxy groups -OCH3 is 1. The SMILES string of the molecule is C=CC12CC3(C(=O)OC)C(=O)Nc4ccccc4C34CCN(CC3OC31)C24. The number of benzene rings is 1. The summed E-state index contributed by atoms with van der Waals surface area (Å²) in [6, 6.07) is 7.92. The van der Waals surface area contributed by atoms with E-state index in [1.54, 1.807) is 0 Å². The molecule has 4 heterocycles. The number of piperidine rings is 1. The fourth-order valence-electron chi connectivity index (χ4n) is 7.12. The van der Waals surface area contributed by atoms with Crippen molar-refractivity contribution in [3.8, 4) is 0 Å². The van der Waals surface area contributed by atoms with E-state index in [0.717, 1.165) is 30.8 Å². The molecule has 6 rings (SSSR count). The molecule has 6 heteroatoms. The molecule has 1 amide bonds. The molecule has 0 aromatic heterocycles. The third kappa shape index (κ3) is 1.44. The highest BCUT2D eigenvalue weighted by molar-refractivity contribution is 6.14. The summed E-state index contributed by atoms with van der Waals surface area (Å²) < 4.78 is 11.3. The Morgan fingerprint density at radius 3 is 3.04 bits per heavy atom. The van der Waals surface area contributed by atoms with Crippen LogP contribution in [0.2, 0.25) is 0 Å². The van der Waals surface area contributed by atoms with Gasteiger partial charge in [-0.05, 0) is 31.0 Å². The van der Waals surface area contributed by atoms with Crippen LogP contribution < -0.4 is 5.32 Å². The normalized spacial score (nSPS) is 45.8. The van der Waals surface area contributed by atoms with Gasteiger partial charge in [-0.3, -0.25) is 14.5 Å². The van der Waals surface area contributed by atoms with E-state index in [-0.39, 0.29) is 24.2 Å². The number of anilines is 1. The molecule has 3 saturated heterocycles. The predicted octanol–water partition coefficient (Wildman–Crippen LogP) is 1.47. The Kier molecular flexibility index (Phi) is 2.71. The van der Waals surface area contributed by atoms with Gasteiger partial charge in [0.25, 0.3) is 0 Å². The van der Waals surface area contributed by atoms with Gasteiger partial charge in [0.05, 0.1) is 19.3 Å². The van der Waals surface area contributed by atoms with Crippen molar-refractivity contribution in [2.45, 2.75) is 36.5 Å². The molecule has 1 aliphatic carbocycles. The van der Waals surface area contributed by atoms with Crippen molar-refractivity contribution in [3.05, 3.63) is 42.5 Å². The molecule has 6 atom stereocenters. The maximum absolute atomic E-state index is 13.6. The zero-order valence-corrected chi connectivity index (χ0v) is 15.2. The minimum Gasteiger partial charge on any atom is -0.468 e. The number of esters is 1. The van der Waals surface area contributed by atoms with E-state index < -0.39 is 22.2 Å². The lowest BCUT2D eigenvalue weighted by Gasteiger charge is -2.48. The van der Waals surface area contributed by atoms with E-state index in [1.807, 2.05) is 24.3 Å². The van der Waals surface area contributed by atoms with Gasteiger partial charge in [0.15, 0.2) is 5.41 Å². The lowest BCUT2D eigenvalue weighted by atomic mass is 9.57. The van der Waals surface area contributed by atoms with Crippen LogP contribution in [0, 0.1) is 10.8 Å². The summed E-state index contributed by atoms with van der Waals surface area (Å²) in [6.07, 6.45) is 3.30. The Bertz CT molecular complexity index is 915. The smallest absolute Gasteiger partial charge is 0.322 e. The lowest BCUT2D eigenvalue weighted by Crippen LogP contribution is -2.62. The summed E-state index contributed by atoms with van der Waals surface area (Å²) in [5, 5.41) is 3.01. The molecule has 6 nitrogen and oxygen atoms in total. The average Bonchev–Trinajstić information content (AvgIpc) is 3.29. The maximum atomic E-state index is 13.6. The minimum absolute atomic E-state index is 0.0116. The van der Waals surface area contributed by atoms with Crippen molar-refractivity contribution < 1.29 is 19.1 Å². The number of fused-ring (bicyclic) bond motifs is 3. The van der Waals surface area contributed by atoms with Crippen LogP contribution in [0.15, 0.2) is 36.9 Å². The second-order valence-corrected chi connectivity index (χ2v) is 8.60. The molecule has 1 spiro atoms. The molecule has 0 bridgehead atoms. The third-order valence-electron chi connectivity index (χ3n) is 7.95. The summed E-state index contributed by atoms with van der Waals surface area (Å²) in [5.74, 6) is -0.688. The number of amides is 1. The highest BCUT2D eigenvalue weighted by Gasteiger charge is 2.84. The first-order valence-electron chi connectivity index (χ1n) is 9.58. The van der Waals surface area contributed by atoms with Gasteiger partial charge in [0, 0.05) is 29.1 Å². The molecular formula is C21H22N2O4. The van der Waals surface area contributed by atoms with Gasteiger partial charge in [0.2, 0.25) is 5.91 Å². The molecular weight excluding hydrogens is 344 g/mol. The number of nitrogens with zero attached hydrogens (tertiary/aromatic N) is 1. The van der Waals surface area contributed by atoms with Crippen LogP contribution in [0.25, 0.3) is 0 Å². The molecule has 1 aromatic carbocycles. The Hall–Kier alpha value is -2.18. The highest BCUT2D eigenvalue weighted by atomic mass is 16.6. The quantitative estimate of drug-likeness (QED) is 0.371. The van der Waals surface area contributed by atoms with E-state index in [0.29, 0.717) is 6.42 Å². The number of rotatable bonds is 2. The van der Waals surface area contributed by atoms with E-state index in [9.17, 15) is 9.59 Å². The van der Waals surface area contributed by atoms with Crippen molar-refractivity contribution in [1.29, 1.82) is 0 Å². The number of epoxide rings is 1. The van der Waals surface area contributed by atoms with Gasteiger partial charge in [-0.1, -0.05) is 24.3 Å². The van der Waals surface area contributed by atoms with Crippen molar-refractivity contribution in [2.75, 3.05) is 25.5 Å². The highest BCUT2D eigenvalue weighted by Crippen LogP contribution is 2.74. The van der Waals surface area contributed by atoms with Gasteiger partial charge >= 0.3 is 5.97 Å². The lowest BCUT2D eigenvalue weighted by molar-refractivity contribution is -0.162. The molecule has 4 aliphatic heterocycles. The van der Waals surface area contributed by atoms with Crippen molar-refractivity contribution in [3.63, 3.8) is 0 Å². The number of nitrogens with one attached hydrogen (secondary N) is 1. The van der Waals surface area contributed by atoms with Gasteiger partial charge in [0.1, 0.15) is 0 Å². The second kappa shape index (κ2) is 4.62. The van der Waals surface area contributed by atoms with E-state index in [2.05, 4.69) is 22.9 Å². The van der Waals surface area contributed by atoms with Gasteiger partial charge < -0.3 is 14.8 Å². The summed E-state index contributed by atoms with van der Waals surface area (Å²) in [5.41, 5.74) is -0.454. The standard InChI is InChI=1S/C21H22N2O4/c1-3-19-11-21(18(25)26-2)17(24)22-13-7-5-4-6-12(13)20(21)8-9-23(16(19)20)10-14-15(19)27-14/h3-7,14-16H,1,8-11H2,2H3,(H,22,24). The van der Waals surface area contributed by atoms with Crippen LogP contribution in [-0.2, 0) is 24.5 Å². The Labute approximate surface area is 157 Å². The fraction of sp³-hybridized carbons (Fsp3) is 0.524. The summed E-state index contributed by atoms with van der Waals surface area (Å²) in [4.78, 5) is 29.3. The molecule has 5 aliphatic rings. The molecule has 140 valence electrons. The topological polar surface area (TPSA) is 71.2 Å². The van der Waals surface area contributed by atoms with Gasteiger partial charge in [-0.2, -0.15) is 0 Å². The fourth-order valence-corrected chi connectivity index (χ4v) is 7.12. The van der Waals surface area contributed by atoms with Crippen LogP contribution in [0.4, 0.5) is 5.69 Å². The molecule has 6 unspecified atom stereocenters. The van der Waals surface area contributed by atoms with Crippen LogP contribution in [-0.4, -0.2) is 55.2 Å². The largest absolute Gasteiger partial charge is 0.468 e. The van der Waals surface area contributed by atoms with Crippen molar-refractivity contribution in [1.82, 2.24) is 4.90 Å². The van der Waals surface area contributed by atoms with E-state index in [1.165, 1.54) is 7.11 Å². The number of para-hydroxylation sites is 1. The first-order chi connectivity index (χ1) is 13.0. The molecule has 1 saturated carbocycles. The zero-order chi connectivity index (χ0) is 18.6. The van der Waals surface area contributed by atoms with Crippen LogP contribution in [0.5, 0.6) is 0 Å². The molecule has 27 heavy (non-hydrogen) atoms. The Balaban J connectivity index is 1.71. The van der Waals surface area contributed by atoms with Crippen molar-refractivity contribution >= 4 is 17.6 Å². The predicted molar refractivity (Wildman–Crippen MR) is 97.1 cm³/mol. The summed E-state index contributed by atoms with van der Waals surface area (Å²) in [7, 11) is 1.38.